The number of para-hydroxylation sites is 1. The summed E-state index contributed by atoms with van der Waals surface area (Å²) in [6.45, 7) is 2.21. The number of aromatic nitrogens is 2. The van der Waals surface area contributed by atoms with Gasteiger partial charge in [-0.1, -0.05) is 24.3 Å². The van der Waals surface area contributed by atoms with Gasteiger partial charge in [-0.25, -0.2) is 0 Å². The van der Waals surface area contributed by atoms with Crippen LogP contribution >= 0.6 is 11.3 Å². The fraction of sp³-hybridized carbons (Fsp3) is 0.222. The van der Waals surface area contributed by atoms with E-state index in [1.54, 1.807) is 24.5 Å². The maximum Gasteiger partial charge on any atom is 0.260 e. The Balaban J connectivity index is 1.61. The quantitative estimate of drug-likeness (QED) is 0.718. The fourth-order valence-corrected chi connectivity index (χ4v) is 3.19. The van der Waals surface area contributed by atoms with Crippen molar-refractivity contribution >= 4 is 17.2 Å². The molecule has 6 heteroatoms. The number of thiophene rings is 1. The molecule has 1 aromatic carbocycles. The molecule has 5 nitrogen and oxygen atoms in total. The largest absolute Gasteiger partial charge is 0.481 e. The number of carbonyl (C=O) groups is 1. The molecule has 2 heterocycles. The maximum atomic E-state index is 12.3. The van der Waals surface area contributed by atoms with E-state index in [1.807, 2.05) is 64.8 Å². The zero-order valence-electron chi connectivity index (χ0n) is 13.3. The molecule has 0 saturated heterocycles. The highest BCUT2D eigenvalue weighted by molar-refractivity contribution is 7.10. The number of ether oxygens (including phenoxy) is 1. The molecule has 3 rings (SSSR count). The Kier molecular flexibility index (Phi) is 5.28. The third-order valence-corrected chi connectivity index (χ3v) is 4.58. The van der Waals surface area contributed by atoms with E-state index in [2.05, 4.69) is 10.4 Å². The third-order valence-electron chi connectivity index (χ3n) is 3.61. The molecule has 0 bridgehead atoms. The van der Waals surface area contributed by atoms with Gasteiger partial charge >= 0.3 is 0 Å². The predicted octanol–water partition coefficient (Wildman–Crippen LogP) is 3.12. The zero-order valence-corrected chi connectivity index (χ0v) is 14.1. The average molecular weight is 341 g/mol. The molecule has 0 aliphatic rings. The zero-order chi connectivity index (χ0) is 16.8. The molecule has 0 radical (unpaired) electrons. The Hall–Kier alpha value is -2.60. The van der Waals surface area contributed by atoms with Crippen molar-refractivity contribution < 1.29 is 9.53 Å². The molecule has 0 aliphatic carbocycles. The highest BCUT2D eigenvalue weighted by Crippen LogP contribution is 2.22. The first-order chi connectivity index (χ1) is 11.7. The Morgan fingerprint density at radius 1 is 1.25 bits per heavy atom. The standard InChI is InChI=1S/C18H19N3O2S/c1-14(23-15-7-3-2-4-8-15)18(22)19-13-16(17-9-5-12-24-17)21-11-6-10-20-21/h2-12,14,16H,13H2,1H3,(H,19,22)/t14-,16+/m0/s1. The number of nitrogens with one attached hydrogen (secondary N) is 1. The fourth-order valence-electron chi connectivity index (χ4n) is 2.37. The highest BCUT2D eigenvalue weighted by atomic mass is 32.1. The van der Waals surface area contributed by atoms with Gasteiger partial charge in [-0.05, 0) is 36.6 Å². The van der Waals surface area contributed by atoms with Crippen LogP contribution in [0.4, 0.5) is 0 Å². The minimum absolute atomic E-state index is 0.0205. The Bertz CT molecular complexity index is 708. The molecule has 24 heavy (non-hydrogen) atoms. The minimum Gasteiger partial charge on any atom is -0.481 e. The van der Waals surface area contributed by atoms with Crippen molar-refractivity contribution in [3.63, 3.8) is 0 Å². The van der Waals surface area contributed by atoms with Gasteiger partial charge in [-0.3, -0.25) is 9.48 Å². The number of carbonyl (C=O) groups excluding carboxylic acids is 1. The summed E-state index contributed by atoms with van der Waals surface area (Å²) in [6, 6.07) is 15.2. The summed E-state index contributed by atoms with van der Waals surface area (Å²) in [5.74, 6) is 0.537. The van der Waals surface area contributed by atoms with Gasteiger partial charge in [0.2, 0.25) is 0 Å². The SMILES string of the molecule is C[C@H](Oc1ccccc1)C(=O)NC[C@H](c1cccs1)n1cccn1. The summed E-state index contributed by atoms with van der Waals surface area (Å²) in [5.41, 5.74) is 0. The van der Waals surface area contributed by atoms with Crippen molar-refractivity contribution in [2.24, 2.45) is 0 Å². The summed E-state index contributed by atoms with van der Waals surface area (Å²) in [6.07, 6.45) is 3.08. The average Bonchev–Trinajstić information content (AvgIpc) is 3.30. The van der Waals surface area contributed by atoms with Crippen LogP contribution in [0, 0.1) is 0 Å². The molecular weight excluding hydrogens is 322 g/mol. The van der Waals surface area contributed by atoms with Crippen molar-refractivity contribution in [2.45, 2.75) is 19.1 Å². The van der Waals surface area contributed by atoms with Gasteiger partial charge in [0.15, 0.2) is 6.10 Å². The normalized spacial score (nSPS) is 13.2. The molecule has 0 saturated carbocycles. The van der Waals surface area contributed by atoms with E-state index in [9.17, 15) is 4.79 Å². The van der Waals surface area contributed by atoms with Gasteiger partial charge in [0.1, 0.15) is 11.8 Å². The predicted molar refractivity (Wildman–Crippen MR) is 94.2 cm³/mol. The van der Waals surface area contributed by atoms with Gasteiger partial charge < -0.3 is 10.1 Å². The van der Waals surface area contributed by atoms with Crippen LogP contribution in [0.15, 0.2) is 66.3 Å². The summed E-state index contributed by atoms with van der Waals surface area (Å²) in [5, 5.41) is 9.29. The number of hydrogen-bond donors (Lipinski definition) is 1. The second-order valence-electron chi connectivity index (χ2n) is 5.34. The molecule has 0 aliphatic heterocycles. The molecule has 0 spiro atoms. The smallest absolute Gasteiger partial charge is 0.260 e. The van der Waals surface area contributed by atoms with Crippen LogP contribution < -0.4 is 10.1 Å². The van der Waals surface area contributed by atoms with Gasteiger partial charge in [0.25, 0.3) is 5.91 Å². The van der Waals surface area contributed by atoms with Crippen LogP contribution in [0.25, 0.3) is 0 Å². The van der Waals surface area contributed by atoms with E-state index >= 15 is 0 Å². The van der Waals surface area contributed by atoms with Crippen molar-refractivity contribution in [1.29, 1.82) is 0 Å². The Morgan fingerprint density at radius 3 is 2.75 bits per heavy atom. The van der Waals surface area contributed by atoms with Crippen LogP contribution in [0.3, 0.4) is 0 Å². The van der Waals surface area contributed by atoms with E-state index in [0.29, 0.717) is 12.3 Å². The van der Waals surface area contributed by atoms with Crippen molar-refractivity contribution in [2.75, 3.05) is 6.54 Å². The van der Waals surface area contributed by atoms with E-state index in [1.165, 1.54) is 0 Å². The molecule has 1 amide bonds. The number of hydrogen-bond acceptors (Lipinski definition) is 4. The van der Waals surface area contributed by atoms with Crippen LogP contribution in [0.1, 0.15) is 17.8 Å². The van der Waals surface area contributed by atoms with E-state index in [4.69, 9.17) is 4.74 Å². The lowest BCUT2D eigenvalue weighted by Gasteiger charge is -2.19. The van der Waals surface area contributed by atoms with Crippen molar-refractivity contribution in [1.82, 2.24) is 15.1 Å². The van der Waals surface area contributed by atoms with Crippen molar-refractivity contribution in [3.8, 4) is 5.75 Å². The maximum absolute atomic E-state index is 12.3. The van der Waals surface area contributed by atoms with Crippen molar-refractivity contribution in [3.05, 3.63) is 71.2 Å². The lowest BCUT2D eigenvalue weighted by Crippen LogP contribution is -2.39. The van der Waals surface area contributed by atoms with Gasteiger partial charge in [0.05, 0.1) is 0 Å². The Labute approximate surface area is 144 Å². The summed E-state index contributed by atoms with van der Waals surface area (Å²) < 4.78 is 7.51. The Morgan fingerprint density at radius 2 is 2.08 bits per heavy atom. The summed E-state index contributed by atoms with van der Waals surface area (Å²) in [7, 11) is 0. The third kappa shape index (κ3) is 4.02. The first-order valence-electron chi connectivity index (χ1n) is 7.76. The highest BCUT2D eigenvalue weighted by Gasteiger charge is 2.19. The molecule has 124 valence electrons. The minimum atomic E-state index is -0.561. The molecule has 2 atom stereocenters. The molecule has 3 aromatic rings. The number of nitrogens with zero attached hydrogens (tertiary/aromatic N) is 2. The lowest BCUT2D eigenvalue weighted by molar-refractivity contribution is -0.127. The molecule has 2 aromatic heterocycles. The molecular formula is C18H19N3O2S. The molecule has 0 unspecified atom stereocenters. The number of rotatable bonds is 7. The topological polar surface area (TPSA) is 56.1 Å². The first-order valence-corrected chi connectivity index (χ1v) is 8.64. The summed E-state index contributed by atoms with van der Waals surface area (Å²) in [4.78, 5) is 13.5. The van der Waals surface area contributed by atoms with Crippen LogP contribution in [0.5, 0.6) is 5.75 Å². The van der Waals surface area contributed by atoms with Crippen LogP contribution in [-0.4, -0.2) is 28.3 Å². The van der Waals surface area contributed by atoms with E-state index in [0.717, 1.165) is 4.88 Å². The number of benzene rings is 1. The van der Waals surface area contributed by atoms with Gasteiger partial charge in [-0.15, -0.1) is 11.3 Å². The van der Waals surface area contributed by atoms with Gasteiger partial charge in [0, 0.05) is 23.8 Å². The second kappa shape index (κ2) is 7.79. The summed E-state index contributed by atoms with van der Waals surface area (Å²) >= 11 is 1.65. The first kappa shape index (κ1) is 16.3. The lowest BCUT2D eigenvalue weighted by atomic mass is 10.2. The van der Waals surface area contributed by atoms with E-state index < -0.39 is 6.10 Å². The van der Waals surface area contributed by atoms with Gasteiger partial charge in [-0.2, -0.15) is 5.10 Å². The van der Waals surface area contributed by atoms with Crippen LogP contribution in [0.2, 0.25) is 0 Å². The second-order valence-corrected chi connectivity index (χ2v) is 6.31. The van der Waals surface area contributed by atoms with E-state index in [-0.39, 0.29) is 11.9 Å². The monoisotopic (exact) mass is 341 g/mol. The number of amides is 1. The molecule has 1 N–H and O–H groups in total. The molecule has 0 fully saturated rings. The van der Waals surface area contributed by atoms with Crippen LogP contribution in [-0.2, 0) is 4.79 Å².